The number of hydrogen-bond donors (Lipinski definition) is 1. The highest BCUT2D eigenvalue weighted by Gasteiger charge is 2.16. The number of piperidine rings is 1. The highest BCUT2D eigenvalue weighted by molar-refractivity contribution is 5.55. The van der Waals surface area contributed by atoms with E-state index >= 15 is 0 Å². The molecule has 0 radical (unpaired) electrons. The molecule has 2 rings (SSSR count). The smallest absolute Gasteiger partial charge is 0.0414 e. The van der Waals surface area contributed by atoms with Gasteiger partial charge in [0.05, 0.1) is 0 Å². The van der Waals surface area contributed by atoms with E-state index in [0.29, 0.717) is 6.04 Å². The lowest BCUT2D eigenvalue weighted by molar-refractivity contribution is 0.570. The van der Waals surface area contributed by atoms with E-state index in [4.69, 9.17) is 0 Å². The summed E-state index contributed by atoms with van der Waals surface area (Å²) in [5.41, 5.74) is 2.84. The van der Waals surface area contributed by atoms with Gasteiger partial charge in [-0.3, -0.25) is 0 Å². The maximum atomic E-state index is 3.33. The van der Waals surface area contributed by atoms with E-state index in [1.165, 1.54) is 43.6 Å². The Bertz CT molecular complexity index is 329. The highest BCUT2D eigenvalue weighted by atomic mass is 15.1. The summed E-state index contributed by atoms with van der Waals surface area (Å²) < 4.78 is 0. The minimum atomic E-state index is 0.429. The van der Waals surface area contributed by atoms with Gasteiger partial charge in [0, 0.05) is 24.8 Å². The predicted octanol–water partition coefficient (Wildman–Crippen LogP) is 2.96. The molecule has 1 fully saturated rings. The average molecular weight is 218 g/mol. The van der Waals surface area contributed by atoms with Crippen LogP contribution in [0.3, 0.4) is 0 Å². The molecule has 1 atom stereocenters. The second kappa shape index (κ2) is 5.35. The van der Waals surface area contributed by atoms with Crippen LogP contribution >= 0.6 is 0 Å². The molecule has 0 aromatic heterocycles. The van der Waals surface area contributed by atoms with E-state index in [9.17, 15) is 0 Å². The van der Waals surface area contributed by atoms with Gasteiger partial charge in [-0.2, -0.15) is 0 Å². The fourth-order valence-electron chi connectivity index (χ4n) is 2.43. The van der Waals surface area contributed by atoms with Crippen LogP contribution in [-0.4, -0.2) is 20.1 Å². The van der Waals surface area contributed by atoms with Gasteiger partial charge in [0.25, 0.3) is 0 Å². The van der Waals surface area contributed by atoms with Crippen LogP contribution in [0, 0.1) is 0 Å². The van der Waals surface area contributed by atoms with Gasteiger partial charge in [0.1, 0.15) is 0 Å². The van der Waals surface area contributed by atoms with E-state index in [0.717, 1.165) is 0 Å². The fraction of sp³-hybridized carbons (Fsp3) is 0.571. The second-order valence-electron chi connectivity index (χ2n) is 4.62. The molecular formula is C14H22N2. The fourth-order valence-corrected chi connectivity index (χ4v) is 2.43. The van der Waals surface area contributed by atoms with Crippen molar-refractivity contribution >= 4 is 5.69 Å². The molecule has 0 spiro atoms. The molecule has 2 nitrogen and oxygen atoms in total. The predicted molar refractivity (Wildman–Crippen MR) is 70.0 cm³/mol. The van der Waals surface area contributed by atoms with Crippen molar-refractivity contribution < 1.29 is 0 Å². The van der Waals surface area contributed by atoms with Gasteiger partial charge in [0.2, 0.25) is 0 Å². The molecule has 0 bridgehead atoms. The van der Waals surface area contributed by atoms with Crippen molar-refractivity contribution in [1.82, 2.24) is 5.32 Å². The Balaban J connectivity index is 2.24. The molecular weight excluding hydrogens is 196 g/mol. The first-order valence-electron chi connectivity index (χ1n) is 6.34. The van der Waals surface area contributed by atoms with E-state index in [1.54, 1.807) is 0 Å². The molecule has 88 valence electrons. The number of hydrogen-bond acceptors (Lipinski definition) is 2. The number of nitrogens with zero attached hydrogens (tertiary/aromatic N) is 1. The van der Waals surface area contributed by atoms with Crippen molar-refractivity contribution in [2.75, 3.05) is 25.0 Å². The first-order chi connectivity index (χ1) is 7.83. The Morgan fingerprint density at radius 1 is 1.12 bits per heavy atom. The van der Waals surface area contributed by atoms with Crippen molar-refractivity contribution in [3.05, 3.63) is 29.8 Å². The van der Waals surface area contributed by atoms with Crippen LogP contribution in [0.15, 0.2) is 24.3 Å². The molecule has 1 N–H and O–H groups in total. The molecule has 1 aromatic rings. The minimum Gasteiger partial charge on any atom is -0.371 e. The van der Waals surface area contributed by atoms with Crippen LogP contribution in [0.2, 0.25) is 0 Å². The molecule has 1 unspecified atom stereocenters. The van der Waals surface area contributed by atoms with Crippen LogP contribution < -0.4 is 10.2 Å². The van der Waals surface area contributed by atoms with Crippen molar-refractivity contribution in [3.8, 4) is 0 Å². The summed E-state index contributed by atoms with van der Waals surface area (Å²) in [6, 6.07) is 9.21. The summed E-state index contributed by atoms with van der Waals surface area (Å²) in [7, 11) is 2.03. The zero-order valence-corrected chi connectivity index (χ0v) is 10.4. The van der Waals surface area contributed by atoms with Crippen molar-refractivity contribution in [2.24, 2.45) is 0 Å². The van der Waals surface area contributed by atoms with Gasteiger partial charge < -0.3 is 10.2 Å². The van der Waals surface area contributed by atoms with Crippen LogP contribution in [0.1, 0.15) is 37.8 Å². The molecule has 16 heavy (non-hydrogen) atoms. The van der Waals surface area contributed by atoms with Gasteiger partial charge in [-0.15, -0.1) is 0 Å². The SMILES string of the molecule is CNC(C)c1ccccc1N1CCCCC1. The number of nitrogens with one attached hydrogen (secondary N) is 1. The monoisotopic (exact) mass is 218 g/mol. The lowest BCUT2D eigenvalue weighted by Gasteiger charge is -2.31. The Morgan fingerprint density at radius 3 is 2.50 bits per heavy atom. The molecule has 1 saturated heterocycles. The second-order valence-corrected chi connectivity index (χ2v) is 4.62. The third-order valence-corrected chi connectivity index (χ3v) is 3.53. The third-order valence-electron chi connectivity index (χ3n) is 3.53. The molecule has 1 aromatic carbocycles. The van der Waals surface area contributed by atoms with Gasteiger partial charge in [-0.1, -0.05) is 18.2 Å². The average Bonchev–Trinajstić information content (AvgIpc) is 2.39. The Labute approximate surface area is 98.7 Å². The van der Waals surface area contributed by atoms with Crippen molar-refractivity contribution in [2.45, 2.75) is 32.2 Å². The lowest BCUT2D eigenvalue weighted by Crippen LogP contribution is -2.31. The molecule has 1 aliphatic heterocycles. The van der Waals surface area contributed by atoms with Gasteiger partial charge >= 0.3 is 0 Å². The summed E-state index contributed by atoms with van der Waals surface area (Å²) in [4.78, 5) is 2.53. The van der Waals surface area contributed by atoms with E-state index in [-0.39, 0.29) is 0 Å². The molecule has 1 aliphatic rings. The maximum Gasteiger partial charge on any atom is 0.0414 e. The largest absolute Gasteiger partial charge is 0.371 e. The van der Waals surface area contributed by atoms with Crippen LogP contribution in [-0.2, 0) is 0 Å². The zero-order chi connectivity index (χ0) is 11.4. The summed E-state index contributed by atoms with van der Waals surface area (Å²) in [5.74, 6) is 0. The van der Waals surface area contributed by atoms with E-state index in [2.05, 4.69) is 41.4 Å². The minimum absolute atomic E-state index is 0.429. The number of para-hydroxylation sites is 1. The number of anilines is 1. The normalized spacial score (nSPS) is 18.5. The van der Waals surface area contributed by atoms with Gasteiger partial charge in [-0.25, -0.2) is 0 Å². The highest BCUT2D eigenvalue weighted by Crippen LogP contribution is 2.28. The van der Waals surface area contributed by atoms with Gasteiger partial charge in [0.15, 0.2) is 0 Å². The first kappa shape index (κ1) is 11.5. The summed E-state index contributed by atoms with van der Waals surface area (Å²) in [5, 5.41) is 3.33. The van der Waals surface area contributed by atoms with Crippen LogP contribution in [0.5, 0.6) is 0 Å². The Kier molecular flexibility index (Phi) is 3.83. The summed E-state index contributed by atoms with van der Waals surface area (Å²) >= 11 is 0. The quantitative estimate of drug-likeness (QED) is 0.839. The number of benzene rings is 1. The summed E-state index contributed by atoms with van der Waals surface area (Å²) in [6.07, 6.45) is 4.06. The zero-order valence-electron chi connectivity index (χ0n) is 10.4. The van der Waals surface area contributed by atoms with Crippen molar-refractivity contribution in [3.63, 3.8) is 0 Å². The van der Waals surface area contributed by atoms with Gasteiger partial charge in [-0.05, 0) is 44.9 Å². The molecule has 1 heterocycles. The van der Waals surface area contributed by atoms with Crippen molar-refractivity contribution in [1.29, 1.82) is 0 Å². The van der Waals surface area contributed by atoms with E-state index in [1.807, 2.05) is 7.05 Å². The third kappa shape index (κ3) is 2.38. The van der Waals surface area contributed by atoms with Crippen LogP contribution in [0.4, 0.5) is 5.69 Å². The summed E-state index contributed by atoms with van der Waals surface area (Å²) in [6.45, 7) is 4.66. The molecule has 2 heteroatoms. The molecule has 0 aliphatic carbocycles. The molecule has 0 amide bonds. The first-order valence-corrected chi connectivity index (χ1v) is 6.34. The Hall–Kier alpha value is -1.02. The van der Waals surface area contributed by atoms with Crippen LogP contribution in [0.25, 0.3) is 0 Å². The topological polar surface area (TPSA) is 15.3 Å². The molecule has 0 saturated carbocycles. The lowest BCUT2D eigenvalue weighted by atomic mass is 10.0. The maximum absolute atomic E-state index is 3.33. The van der Waals surface area contributed by atoms with E-state index < -0.39 is 0 Å². The number of rotatable bonds is 3. The Morgan fingerprint density at radius 2 is 1.81 bits per heavy atom. The standard InChI is InChI=1S/C14H22N2/c1-12(15-2)13-8-4-5-9-14(13)16-10-6-3-7-11-16/h4-5,8-9,12,15H,3,6-7,10-11H2,1-2H3.